The van der Waals surface area contributed by atoms with Gasteiger partial charge in [-0.15, -0.1) is 11.3 Å². The summed E-state index contributed by atoms with van der Waals surface area (Å²) in [6, 6.07) is 50.5. The lowest BCUT2D eigenvalue weighted by atomic mass is 10.1. The second kappa shape index (κ2) is 9.82. The van der Waals surface area contributed by atoms with Crippen LogP contribution in [0.1, 0.15) is 0 Å². The fourth-order valence-electron chi connectivity index (χ4n) is 7.89. The summed E-state index contributed by atoms with van der Waals surface area (Å²) in [5.74, 6) is 0.762. The van der Waals surface area contributed by atoms with Gasteiger partial charge in [-0.3, -0.25) is 0 Å². The summed E-state index contributed by atoms with van der Waals surface area (Å²) >= 11 is 1.87. The smallest absolute Gasteiger partial charge is 0.160 e. The molecule has 6 aromatic carbocycles. The average molecular weight is 636 g/mol. The molecule has 1 aliphatic heterocycles. The molecule has 0 bridgehead atoms. The predicted octanol–water partition coefficient (Wildman–Crippen LogP) is 10.1. The number of hydrogen-bond acceptors (Lipinski definition) is 3. The largest absolute Gasteiger partial charge is 0.309 e. The molecule has 0 atom stereocenters. The van der Waals surface area contributed by atoms with E-state index in [1.807, 2.05) is 11.3 Å². The number of nitrogens with zero attached hydrogens (tertiary/aromatic N) is 3. The molecule has 10 rings (SSSR count). The van der Waals surface area contributed by atoms with Gasteiger partial charge in [0, 0.05) is 47.8 Å². The maximum atomic E-state index is 5.39. The molecule has 3 nitrogen and oxygen atoms in total. The number of aromatic nitrogens is 3. The minimum Gasteiger partial charge on any atom is -0.309 e. The third-order valence-corrected chi connectivity index (χ3v) is 14.6. The zero-order valence-corrected chi connectivity index (χ0v) is 27.8. The first-order chi connectivity index (χ1) is 23.1. The van der Waals surface area contributed by atoms with Crippen LogP contribution < -0.4 is 10.4 Å². The number of rotatable bonds is 3. The van der Waals surface area contributed by atoms with Gasteiger partial charge in [0.05, 0.1) is 22.4 Å². The fourth-order valence-corrected chi connectivity index (χ4v) is 12.2. The molecule has 0 amide bonds. The molecular weight excluding hydrogens is 607 g/mol. The van der Waals surface area contributed by atoms with Crippen LogP contribution in [0, 0.1) is 0 Å². The Morgan fingerprint density at radius 1 is 0.553 bits per heavy atom. The summed E-state index contributed by atoms with van der Waals surface area (Å²) in [6.45, 7) is 4.87. The van der Waals surface area contributed by atoms with Crippen LogP contribution in [0.5, 0.6) is 0 Å². The number of thiophene rings is 1. The zero-order valence-electron chi connectivity index (χ0n) is 26.0. The van der Waals surface area contributed by atoms with Crippen LogP contribution in [-0.4, -0.2) is 22.6 Å². The minimum absolute atomic E-state index is 0.762. The third-order valence-electron chi connectivity index (χ3n) is 9.98. The van der Waals surface area contributed by atoms with Gasteiger partial charge in [0.2, 0.25) is 0 Å². The molecule has 4 heterocycles. The molecule has 0 saturated carbocycles. The Kier molecular flexibility index (Phi) is 5.60. The molecule has 47 heavy (non-hydrogen) atoms. The summed E-state index contributed by atoms with van der Waals surface area (Å²) in [7, 11) is -2.01. The summed E-state index contributed by atoms with van der Waals surface area (Å²) in [5.41, 5.74) is 9.08. The highest BCUT2D eigenvalue weighted by atomic mass is 32.1. The Balaban J connectivity index is 1.23. The topological polar surface area (TPSA) is 30.7 Å². The van der Waals surface area contributed by atoms with Crippen LogP contribution in [0.3, 0.4) is 0 Å². The molecule has 0 spiro atoms. The summed E-state index contributed by atoms with van der Waals surface area (Å²) < 4.78 is 5.06. The van der Waals surface area contributed by atoms with Gasteiger partial charge in [0.25, 0.3) is 0 Å². The maximum Gasteiger partial charge on any atom is 0.160 e. The highest BCUT2D eigenvalue weighted by Gasteiger charge is 2.41. The third kappa shape index (κ3) is 3.78. The second-order valence-corrected chi connectivity index (χ2v) is 18.4. The van der Waals surface area contributed by atoms with Crippen molar-refractivity contribution >= 4 is 71.8 Å². The first kappa shape index (κ1) is 26.8. The molecule has 5 heteroatoms. The van der Waals surface area contributed by atoms with Crippen molar-refractivity contribution in [2.24, 2.45) is 0 Å². The van der Waals surface area contributed by atoms with E-state index in [-0.39, 0.29) is 0 Å². The maximum absolute atomic E-state index is 5.39. The normalized spacial score (nSPS) is 13.5. The van der Waals surface area contributed by atoms with E-state index < -0.39 is 8.07 Å². The molecule has 222 valence electrons. The first-order valence-electron chi connectivity index (χ1n) is 16.1. The Morgan fingerprint density at radius 3 is 2.17 bits per heavy atom. The van der Waals surface area contributed by atoms with Crippen molar-refractivity contribution in [3.63, 3.8) is 0 Å². The van der Waals surface area contributed by atoms with Crippen LogP contribution in [0.4, 0.5) is 0 Å². The van der Waals surface area contributed by atoms with Gasteiger partial charge < -0.3 is 4.57 Å². The Morgan fingerprint density at radius 2 is 1.28 bits per heavy atom. The van der Waals surface area contributed by atoms with E-state index >= 15 is 0 Å². The molecule has 0 aliphatic carbocycles. The first-order valence-corrected chi connectivity index (χ1v) is 19.9. The van der Waals surface area contributed by atoms with Gasteiger partial charge in [-0.25, -0.2) is 9.97 Å². The van der Waals surface area contributed by atoms with Crippen LogP contribution in [-0.2, 0) is 0 Å². The Labute approximate surface area is 277 Å². The SMILES string of the molecule is C[Si]1(C)c2ccccc2-c2nc(-c3cccc(-n4c5ccccc5c5c6c(ccc54)sc4ccccc46)c3)nc(-c3ccccc3)c21. The Hall–Kier alpha value is -5.36. The van der Waals surface area contributed by atoms with Gasteiger partial charge in [-0.1, -0.05) is 116 Å². The standard InChI is InChI=1S/C42H29N3SSi/c1-47(2)36-22-11-8-19-31(36)40-41(47)39(26-13-4-3-5-14-26)43-42(44-40)27-15-12-16-28(25-27)45-32-20-9-6-17-29(32)37-33(45)23-24-35-38(37)30-18-7-10-21-34(30)46-35/h3-25H,1-2H3. The summed E-state index contributed by atoms with van der Waals surface area (Å²) in [6.07, 6.45) is 0. The van der Waals surface area contributed by atoms with E-state index in [0.717, 1.165) is 34.0 Å². The molecule has 0 radical (unpaired) electrons. The predicted molar refractivity (Wildman–Crippen MR) is 202 cm³/mol. The molecule has 1 aliphatic rings. The molecule has 3 aromatic heterocycles. The lowest BCUT2D eigenvalue weighted by molar-refractivity contribution is 1.16. The molecular formula is C42H29N3SSi. The van der Waals surface area contributed by atoms with Crippen molar-refractivity contribution in [2.45, 2.75) is 13.1 Å². The minimum atomic E-state index is -2.01. The summed E-state index contributed by atoms with van der Waals surface area (Å²) in [5, 5.41) is 8.01. The van der Waals surface area contributed by atoms with Gasteiger partial charge >= 0.3 is 0 Å². The van der Waals surface area contributed by atoms with Crippen LogP contribution in [0.25, 0.3) is 81.6 Å². The van der Waals surface area contributed by atoms with Gasteiger partial charge in [-0.05, 0) is 52.3 Å². The number of benzene rings is 6. The van der Waals surface area contributed by atoms with Crippen molar-refractivity contribution in [3.8, 4) is 39.6 Å². The van der Waals surface area contributed by atoms with Crippen LogP contribution in [0.15, 0.2) is 140 Å². The molecule has 9 aromatic rings. The second-order valence-electron chi connectivity index (χ2n) is 13.0. The molecule has 0 saturated heterocycles. The van der Waals surface area contributed by atoms with E-state index in [0.29, 0.717) is 0 Å². The van der Waals surface area contributed by atoms with Crippen molar-refractivity contribution in [3.05, 3.63) is 140 Å². The van der Waals surface area contributed by atoms with Crippen molar-refractivity contribution in [1.29, 1.82) is 0 Å². The highest BCUT2D eigenvalue weighted by molar-refractivity contribution is 7.26. The quantitative estimate of drug-likeness (QED) is 0.181. The monoisotopic (exact) mass is 635 g/mol. The van der Waals surface area contributed by atoms with Gasteiger partial charge in [-0.2, -0.15) is 0 Å². The number of hydrogen-bond donors (Lipinski definition) is 0. The van der Waals surface area contributed by atoms with Crippen molar-refractivity contribution in [1.82, 2.24) is 14.5 Å². The van der Waals surface area contributed by atoms with Gasteiger partial charge in [0.15, 0.2) is 5.82 Å². The van der Waals surface area contributed by atoms with Crippen molar-refractivity contribution in [2.75, 3.05) is 0 Å². The number of para-hydroxylation sites is 1. The Bertz CT molecular complexity index is 2720. The lowest BCUT2D eigenvalue weighted by Gasteiger charge is -2.21. The van der Waals surface area contributed by atoms with Gasteiger partial charge in [0.1, 0.15) is 8.07 Å². The van der Waals surface area contributed by atoms with E-state index in [9.17, 15) is 0 Å². The van der Waals surface area contributed by atoms with Crippen LogP contribution >= 0.6 is 11.3 Å². The molecule has 0 N–H and O–H groups in total. The highest BCUT2D eigenvalue weighted by Crippen LogP contribution is 2.43. The molecule has 0 unspecified atom stereocenters. The van der Waals surface area contributed by atoms with E-state index in [4.69, 9.17) is 9.97 Å². The van der Waals surface area contributed by atoms with E-state index in [2.05, 4.69) is 157 Å². The van der Waals surface area contributed by atoms with Crippen molar-refractivity contribution < 1.29 is 0 Å². The van der Waals surface area contributed by atoms with E-state index in [1.54, 1.807) is 0 Å². The average Bonchev–Trinajstić information content (AvgIpc) is 3.74. The lowest BCUT2D eigenvalue weighted by Crippen LogP contribution is -2.50. The van der Waals surface area contributed by atoms with E-state index in [1.165, 1.54) is 57.9 Å². The van der Waals surface area contributed by atoms with Crippen LogP contribution in [0.2, 0.25) is 13.1 Å². The fraction of sp³-hybridized carbons (Fsp3) is 0.0476. The number of fused-ring (bicyclic) bond motifs is 10. The molecule has 0 fully saturated rings. The zero-order chi connectivity index (χ0) is 31.3. The summed E-state index contributed by atoms with van der Waals surface area (Å²) in [4.78, 5) is 10.8.